The number of nitroso groups, excluding NO2 is 1. The summed E-state index contributed by atoms with van der Waals surface area (Å²) in [6, 6.07) is 4.95. The summed E-state index contributed by atoms with van der Waals surface area (Å²) in [5.41, 5.74) is 2.46. The van der Waals surface area contributed by atoms with Crippen molar-refractivity contribution in [3.63, 3.8) is 0 Å². The lowest BCUT2D eigenvalue weighted by Gasteiger charge is -2.41. The van der Waals surface area contributed by atoms with Crippen LogP contribution in [-0.2, 0) is 4.74 Å². The molecule has 0 atom stereocenters. The molecule has 1 saturated heterocycles. The molecule has 0 spiro atoms. The molecule has 1 aliphatic carbocycles. The second kappa shape index (κ2) is 9.29. The van der Waals surface area contributed by atoms with Gasteiger partial charge in [-0.2, -0.15) is 0 Å². The van der Waals surface area contributed by atoms with E-state index in [1.54, 1.807) is 6.07 Å². The molecule has 144 valence electrons. The first-order valence-electron chi connectivity index (χ1n) is 9.86. The third-order valence-electron chi connectivity index (χ3n) is 5.83. The lowest BCUT2D eigenvalue weighted by atomic mass is 9.90. The molecule has 0 unspecified atom stereocenters. The largest absolute Gasteiger partial charge is 0.380 e. The fourth-order valence-corrected chi connectivity index (χ4v) is 4.64. The third kappa shape index (κ3) is 4.84. The van der Waals surface area contributed by atoms with E-state index in [0.717, 1.165) is 54.3 Å². The number of hydrogen-bond acceptors (Lipinski definition) is 5. The Kier molecular flexibility index (Phi) is 7.06. The van der Waals surface area contributed by atoms with Crippen LogP contribution in [0.25, 0.3) is 0 Å². The molecule has 1 aromatic rings. The number of piperidine rings is 1. The minimum Gasteiger partial charge on any atom is -0.380 e. The van der Waals surface area contributed by atoms with Crippen molar-refractivity contribution < 1.29 is 4.74 Å². The Morgan fingerprint density at radius 1 is 1.19 bits per heavy atom. The van der Waals surface area contributed by atoms with Crippen LogP contribution in [-0.4, -0.2) is 42.8 Å². The Labute approximate surface area is 165 Å². The highest BCUT2D eigenvalue weighted by molar-refractivity contribution is 9.10. The normalized spacial score (nSPS) is 25.2. The van der Waals surface area contributed by atoms with Crippen LogP contribution in [0.1, 0.15) is 51.0 Å². The summed E-state index contributed by atoms with van der Waals surface area (Å²) in [5, 5.41) is 6.74. The average molecular weight is 424 g/mol. The summed E-state index contributed by atoms with van der Waals surface area (Å²) in [5.74, 6) is 0. The van der Waals surface area contributed by atoms with Crippen LogP contribution in [0.3, 0.4) is 0 Å². The van der Waals surface area contributed by atoms with Crippen LogP contribution in [0.2, 0.25) is 0 Å². The van der Waals surface area contributed by atoms with Gasteiger partial charge in [-0.1, -0.05) is 15.9 Å². The fourth-order valence-electron chi connectivity index (χ4n) is 4.30. The maximum absolute atomic E-state index is 11.1. The molecule has 1 aliphatic heterocycles. The van der Waals surface area contributed by atoms with Crippen LogP contribution in [0.5, 0.6) is 0 Å². The van der Waals surface area contributed by atoms with Gasteiger partial charge in [-0.15, -0.1) is 4.91 Å². The topological polar surface area (TPSA) is 53.9 Å². The number of likely N-dealkylation sites (tertiary alicyclic amines) is 1. The van der Waals surface area contributed by atoms with Gasteiger partial charge in [0.1, 0.15) is 5.69 Å². The molecular formula is C20H30BrN3O2. The van der Waals surface area contributed by atoms with E-state index >= 15 is 0 Å². The van der Waals surface area contributed by atoms with E-state index in [1.807, 2.05) is 13.0 Å². The van der Waals surface area contributed by atoms with Crippen LogP contribution >= 0.6 is 15.9 Å². The van der Waals surface area contributed by atoms with Crippen molar-refractivity contribution in [1.82, 2.24) is 4.90 Å². The van der Waals surface area contributed by atoms with Gasteiger partial charge in [0, 0.05) is 36.3 Å². The summed E-state index contributed by atoms with van der Waals surface area (Å²) in [6.45, 7) is 7.20. The minimum atomic E-state index is 0.409. The quantitative estimate of drug-likeness (QED) is 0.623. The van der Waals surface area contributed by atoms with Gasteiger partial charge in [-0.05, 0) is 75.2 Å². The number of hydrogen-bond donors (Lipinski definition) is 1. The van der Waals surface area contributed by atoms with Crippen LogP contribution in [0.4, 0.5) is 11.4 Å². The maximum atomic E-state index is 11.1. The first-order chi connectivity index (χ1) is 12.6. The molecule has 0 aromatic heterocycles. The van der Waals surface area contributed by atoms with E-state index < -0.39 is 0 Å². The predicted octanol–water partition coefficient (Wildman–Crippen LogP) is 5.38. The van der Waals surface area contributed by atoms with Crippen molar-refractivity contribution in [2.24, 2.45) is 5.18 Å². The molecule has 1 aromatic carbocycles. The van der Waals surface area contributed by atoms with Crippen molar-refractivity contribution in [3.8, 4) is 0 Å². The van der Waals surface area contributed by atoms with Gasteiger partial charge in [-0.25, -0.2) is 0 Å². The van der Waals surface area contributed by atoms with E-state index in [4.69, 9.17) is 4.74 Å². The molecule has 0 amide bonds. The van der Waals surface area contributed by atoms with Gasteiger partial charge >= 0.3 is 0 Å². The highest BCUT2D eigenvalue weighted by atomic mass is 79.9. The molecule has 1 heterocycles. The van der Waals surface area contributed by atoms with Crippen molar-refractivity contribution in [2.75, 3.05) is 25.0 Å². The van der Waals surface area contributed by atoms with E-state index in [0.29, 0.717) is 17.8 Å². The number of nitrogens with one attached hydrogen (secondary N) is 1. The SMILES string of the molecule is CCOC1CCC(N2CCC(Nc3cc(C)c(Br)cc3N=O)CC2)CC1. The van der Waals surface area contributed by atoms with Crippen molar-refractivity contribution in [2.45, 2.75) is 70.6 Å². The Morgan fingerprint density at radius 2 is 1.88 bits per heavy atom. The second-order valence-corrected chi connectivity index (χ2v) is 8.40. The van der Waals surface area contributed by atoms with Crippen molar-refractivity contribution in [1.29, 1.82) is 0 Å². The smallest absolute Gasteiger partial charge is 0.132 e. The summed E-state index contributed by atoms with van der Waals surface area (Å²) < 4.78 is 6.70. The number of rotatable bonds is 6. The number of halogens is 1. The number of aryl methyl sites for hydroxylation is 1. The van der Waals surface area contributed by atoms with Crippen LogP contribution in [0.15, 0.2) is 21.8 Å². The zero-order valence-electron chi connectivity index (χ0n) is 15.8. The molecule has 5 nitrogen and oxygen atoms in total. The molecule has 3 rings (SSSR count). The average Bonchev–Trinajstić information content (AvgIpc) is 2.66. The number of benzene rings is 1. The van der Waals surface area contributed by atoms with E-state index in [-0.39, 0.29) is 0 Å². The second-order valence-electron chi connectivity index (χ2n) is 7.55. The Hall–Kier alpha value is -0.980. The lowest BCUT2D eigenvalue weighted by molar-refractivity contribution is 0.00994. The molecule has 1 N–H and O–H groups in total. The minimum absolute atomic E-state index is 0.409. The van der Waals surface area contributed by atoms with Crippen molar-refractivity contribution in [3.05, 3.63) is 27.1 Å². The standard InChI is InChI=1S/C20H30BrN3O2/c1-3-26-17-6-4-16(5-7-17)24-10-8-15(9-11-24)22-19-12-14(2)18(21)13-20(19)23-25/h12-13,15-17,22H,3-11H2,1-2H3. The molecule has 0 bridgehead atoms. The van der Waals surface area contributed by atoms with Gasteiger partial charge in [-0.3, -0.25) is 0 Å². The Bertz CT molecular complexity index is 609. The molecule has 6 heteroatoms. The first-order valence-corrected chi connectivity index (χ1v) is 10.7. The molecule has 26 heavy (non-hydrogen) atoms. The highest BCUT2D eigenvalue weighted by Crippen LogP contribution is 2.33. The van der Waals surface area contributed by atoms with Crippen LogP contribution < -0.4 is 5.32 Å². The zero-order chi connectivity index (χ0) is 18.5. The van der Waals surface area contributed by atoms with E-state index in [1.165, 1.54) is 25.7 Å². The predicted molar refractivity (Wildman–Crippen MR) is 110 cm³/mol. The third-order valence-corrected chi connectivity index (χ3v) is 6.68. The fraction of sp³-hybridized carbons (Fsp3) is 0.700. The maximum Gasteiger partial charge on any atom is 0.132 e. The van der Waals surface area contributed by atoms with Gasteiger partial charge in [0.25, 0.3) is 0 Å². The Balaban J connectivity index is 1.50. The highest BCUT2D eigenvalue weighted by Gasteiger charge is 2.29. The molecule has 0 radical (unpaired) electrons. The Morgan fingerprint density at radius 3 is 2.50 bits per heavy atom. The van der Waals surface area contributed by atoms with E-state index in [2.05, 4.69) is 38.2 Å². The molecular weight excluding hydrogens is 394 g/mol. The van der Waals surface area contributed by atoms with Gasteiger partial charge < -0.3 is 15.0 Å². The first kappa shape index (κ1) is 19.8. The van der Waals surface area contributed by atoms with E-state index in [9.17, 15) is 4.91 Å². The van der Waals surface area contributed by atoms with Gasteiger partial charge in [0.2, 0.25) is 0 Å². The van der Waals surface area contributed by atoms with Gasteiger partial charge in [0.15, 0.2) is 0 Å². The number of ether oxygens (including phenoxy) is 1. The summed E-state index contributed by atoms with van der Waals surface area (Å²) in [4.78, 5) is 13.8. The summed E-state index contributed by atoms with van der Waals surface area (Å²) >= 11 is 3.47. The van der Waals surface area contributed by atoms with Gasteiger partial charge in [0.05, 0.1) is 11.8 Å². The summed E-state index contributed by atoms with van der Waals surface area (Å²) in [7, 11) is 0. The monoisotopic (exact) mass is 423 g/mol. The van der Waals surface area contributed by atoms with Crippen LogP contribution in [0, 0.1) is 11.8 Å². The molecule has 2 fully saturated rings. The van der Waals surface area contributed by atoms with Crippen molar-refractivity contribution >= 4 is 27.3 Å². The zero-order valence-corrected chi connectivity index (χ0v) is 17.4. The number of nitrogens with zero attached hydrogens (tertiary/aromatic N) is 2. The number of anilines is 1. The summed E-state index contributed by atoms with van der Waals surface area (Å²) in [6.07, 6.45) is 7.61. The lowest BCUT2D eigenvalue weighted by Crippen LogP contribution is -2.46. The molecule has 1 saturated carbocycles. The molecule has 2 aliphatic rings.